The van der Waals surface area contributed by atoms with E-state index in [1.807, 2.05) is 30.3 Å². The van der Waals surface area contributed by atoms with Gasteiger partial charge in [0, 0.05) is 17.3 Å². The number of hydrogen-bond acceptors (Lipinski definition) is 6. The number of nitrogens with zero attached hydrogens (tertiary/aromatic N) is 2. The molecule has 0 saturated heterocycles. The molecule has 0 radical (unpaired) electrons. The highest BCUT2D eigenvalue weighted by atomic mass is 32.2. The van der Waals surface area contributed by atoms with Crippen molar-refractivity contribution in [2.75, 3.05) is 7.05 Å². The van der Waals surface area contributed by atoms with E-state index in [4.69, 9.17) is 0 Å². The third-order valence-corrected chi connectivity index (χ3v) is 7.20. The van der Waals surface area contributed by atoms with Crippen molar-refractivity contribution in [1.29, 1.82) is 0 Å². The van der Waals surface area contributed by atoms with E-state index in [0.29, 0.717) is 0 Å². The number of amides is 3. The quantitative estimate of drug-likeness (QED) is 0.502. The van der Waals surface area contributed by atoms with Crippen LogP contribution in [0.2, 0.25) is 0 Å². The number of rotatable bonds is 4. The first-order valence-corrected chi connectivity index (χ1v) is 10.9. The molecule has 8 heteroatoms. The maximum Gasteiger partial charge on any atom is 0.321 e. The highest BCUT2D eigenvalue weighted by Gasteiger charge is 2.27. The van der Waals surface area contributed by atoms with E-state index in [0.717, 1.165) is 40.1 Å². The van der Waals surface area contributed by atoms with Crippen molar-refractivity contribution in [2.45, 2.75) is 36.0 Å². The number of aromatic nitrogens is 2. The van der Waals surface area contributed by atoms with Gasteiger partial charge in [-0.2, -0.15) is 0 Å². The molecule has 28 heavy (non-hydrogen) atoms. The van der Waals surface area contributed by atoms with E-state index < -0.39 is 11.3 Å². The molecule has 2 heterocycles. The number of hydrogen-bond donors (Lipinski definition) is 2. The van der Waals surface area contributed by atoms with Gasteiger partial charge in [-0.15, -0.1) is 11.3 Å². The van der Waals surface area contributed by atoms with Crippen LogP contribution in [0.15, 0.2) is 41.7 Å². The van der Waals surface area contributed by atoms with E-state index in [-0.39, 0.29) is 5.91 Å². The molecule has 0 unspecified atom stereocenters. The van der Waals surface area contributed by atoms with Gasteiger partial charge in [-0.1, -0.05) is 42.1 Å². The number of thiophene rings is 1. The number of carbonyl (C=O) groups is 2. The molecule has 3 aromatic rings. The molecule has 3 amide bonds. The first kappa shape index (κ1) is 18.9. The Morgan fingerprint density at radius 1 is 1.14 bits per heavy atom. The summed E-state index contributed by atoms with van der Waals surface area (Å²) in [6, 6.07) is 8.94. The van der Waals surface area contributed by atoms with Crippen molar-refractivity contribution in [3.8, 4) is 0 Å². The second-order valence-electron chi connectivity index (χ2n) is 6.55. The zero-order valence-corrected chi connectivity index (χ0v) is 17.0. The minimum Gasteiger partial charge on any atom is -0.341 e. The smallest absolute Gasteiger partial charge is 0.321 e. The molecule has 0 saturated carbocycles. The van der Waals surface area contributed by atoms with Gasteiger partial charge in [0.25, 0.3) is 0 Å². The van der Waals surface area contributed by atoms with Crippen molar-refractivity contribution in [1.82, 2.24) is 20.6 Å². The maximum atomic E-state index is 12.8. The molecule has 6 nitrogen and oxygen atoms in total. The zero-order valence-electron chi connectivity index (χ0n) is 15.4. The summed E-state index contributed by atoms with van der Waals surface area (Å²) in [4.78, 5) is 35.9. The van der Waals surface area contributed by atoms with Crippen molar-refractivity contribution >= 4 is 45.3 Å². The van der Waals surface area contributed by atoms with Gasteiger partial charge in [-0.3, -0.25) is 10.1 Å². The van der Waals surface area contributed by atoms with Gasteiger partial charge in [0.2, 0.25) is 5.91 Å². The summed E-state index contributed by atoms with van der Waals surface area (Å²) in [5, 5.41) is 6.11. The Morgan fingerprint density at radius 3 is 2.71 bits per heavy atom. The summed E-state index contributed by atoms with van der Waals surface area (Å²) in [6.45, 7) is 0. The highest BCUT2D eigenvalue weighted by Crippen LogP contribution is 2.43. The van der Waals surface area contributed by atoms with E-state index >= 15 is 0 Å². The topological polar surface area (TPSA) is 84.0 Å². The van der Waals surface area contributed by atoms with Crippen LogP contribution >= 0.6 is 23.1 Å². The predicted octanol–water partition coefficient (Wildman–Crippen LogP) is 3.86. The SMILES string of the molecule is CNC(=O)NC(=O)[C@@H](Sc1ncnc2sc3c(c12)CCCC3)c1ccccc1. The van der Waals surface area contributed by atoms with Crippen LogP contribution in [0.5, 0.6) is 0 Å². The van der Waals surface area contributed by atoms with Crippen LogP contribution in [0.1, 0.15) is 34.1 Å². The summed E-state index contributed by atoms with van der Waals surface area (Å²) < 4.78 is 0. The molecular formula is C20H20N4O2S2. The minimum atomic E-state index is -0.587. The summed E-state index contributed by atoms with van der Waals surface area (Å²) >= 11 is 3.10. The lowest BCUT2D eigenvalue weighted by atomic mass is 9.97. The molecule has 1 aromatic carbocycles. The lowest BCUT2D eigenvalue weighted by molar-refractivity contribution is -0.119. The fraction of sp³-hybridized carbons (Fsp3) is 0.300. The molecule has 1 atom stereocenters. The molecule has 0 spiro atoms. The lowest BCUT2D eigenvalue weighted by Gasteiger charge is -2.17. The molecule has 0 fully saturated rings. The average molecular weight is 413 g/mol. The van der Waals surface area contributed by atoms with Crippen LogP contribution in [0.3, 0.4) is 0 Å². The van der Waals surface area contributed by atoms with E-state index in [2.05, 4.69) is 20.6 Å². The van der Waals surface area contributed by atoms with Crippen LogP contribution in [-0.4, -0.2) is 29.0 Å². The first-order valence-electron chi connectivity index (χ1n) is 9.17. The summed E-state index contributed by atoms with van der Waals surface area (Å²) in [5.74, 6) is -0.369. The van der Waals surface area contributed by atoms with Gasteiger partial charge in [0.1, 0.15) is 21.4 Å². The number of imide groups is 1. The van der Waals surface area contributed by atoms with Gasteiger partial charge in [0.15, 0.2) is 0 Å². The Labute approximate surface area is 171 Å². The Bertz CT molecular complexity index is 1020. The Kier molecular flexibility index (Phi) is 5.59. The molecule has 144 valence electrons. The average Bonchev–Trinajstić information content (AvgIpc) is 3.11. The Hall–Kier alpha value is -2.45. The summed E-state index contributed by atoms with van der Waals surface area (Å²) in [6.07, 6.45) is 6.04. The molecule has 2 N–H and O–H groups in total. The second kappa shape index (κ2) is 8.28. The van der Waals surface area contributed by atoms with Gasteiger partial charge >= 0.3 is 6.03 Å². The van der Waals surface area contributed by atoms with Crippen molar-refractivity contribution in [3.63, 3.8) is 0 Å². The molecule has 0 bridgehead atoms. The fourth-order valence-electron chi connectivity index (χ4n) is 3.40. The molecule has 0 aliphatic heterocycles. The minimum absolute atomic E-state index is 0.369. The van der Waals surface area contributed by atoms with E-state index in [1.165, 1.54) is 35.7 Å². The normalized spacial score (nSPS) is 14.3. The highest BCUT2D eigenvalue weighted by molar-refractivity contribution is 8.00. The maximum absolute atomic E-state index is 12.8. The third kappa shape index (κ3) is 3.74. The number of nitrogens with one attached hydrogen (secondary N) is 2. The largest absolute Gasteiger partial charge is 0.341 e. The number of aryl methyl sites for hydroxylation is 2. The van der Waals surface area contributed by atoms with Crippen molar-refractivity contribution in [2.24, 2.45) is 0 Å². The number of fused-ring (bicyclic) bond motifs is 3. The second-order valence-corrected chi connectivity index (χ2v) is 8.72. The van der Waals surface area contributed by atoms with Crippen molar-refractivity contribution in [3.05, 3.63) is 52.7 Å². The van der Waals surface area contributed by atoms with Crippen LogP contribution in [0, 0.1) is 0 Å². The lowest BCUT2D eigenvalue weighted by Crippen LogP contribution is -2.39. The predicted molar refractivity (Wildman–Crippen MR) is 112 cm³/mol. The summed E-state index contributed by atoms with van der Waals surface area (Å²) in [5.41, 5.74) is 2.15. The molecule has 1 aliphatic rings. The summed E-state index contributed by atoms with van der Waals surface area (Å²) in [7, 11) is 1.49. The number of thioether (sulfide) groups is 1. The van der Waals surface area contributed by atoms with Crippen LogP contribution in [0.25, 0.3) is 10.2 Å². The van der Waals surface area contributed by atoms with Crippen LogP contribution < -0.4 is 10.6 Å². The van der Waals surface area contributed by atoms with Gasteiger partial charge in [-0.25, -0.2) is 14.8 Å². The van der Waals surface area contributed by atoms with Gasteiger partial charge < -0.3 is 5.32 Å². The Morgan fingerprint density at radius 2 is 1.93 bits per heavy atom. The Balaban J connectivity index is 1.74. The van der Waals surface area contributed by atoms with E-state index in [1.54, 1.807) is 17.7 Å². The van der Waals surface area contributed by atoms with Crippen LogP contribution in [-0.2, 0) is 17.6 Å². The third-order valence-electron chi connectivity index (χ3n) is 4.75. The molecular weight excluding hydrogens is 392 g/mol. The van der Waals surface area contributed by atoms with Gasteiger partial charge in [0.05, 0.1) is 0 Å². The van der Waals surface area contributed by atoms with Crippen molar-refractivity contribution < 1.29 is 9.59 Å². The van der Waals surface area contributed by atoms with Crippen LogP contribution in [0.4, 0.5) is 4.79 Å². The molecule has 1 aliphatic carbocycles. The van der Waals surface area contributed by atoms with Gasteiger partial charge in [-0.05, 0) is 36.8 Å². The zero-order chi connectivity index (χ0) is 19.5. The number of urea groups is 1. The monoisotopic (exact) mass is 412 g/mol. The molecule has 2 aromatic heterocycles. The standard InChI is InChI=1S/C20H20N4O2S2/c1-21-20(26)24-17(25)16(12-7-3-2-4-8-12)28-19-15-13-9-5-6-10-14(13)27-18(15)22-11-23-19/h2-4,7-8,11,16H,5-6,9-10H2,1H3,(H2,21,24,25,26)/t16-/m0/s1. The molecule has 4 rings (SSSR count). The first-order chi connectivity index (χ1) is 13.7. The number of benzene rings is 1. The number of carbonyl (C=O) groups excluding carboxylic acids is 2. The van der Waals surface area contributed by atoms with E-state index in [9.17, 15) is 9.59 Å². The fourth-order valence-corrected chi connectivity index (χ4v) is 5.82.